The van der Waals surface area contributed by atoms with E-state index in [2.05, 4.69) is 55.3 Å². The summed E-state index contributed by atoms with van der Waals surface area (Å²) >= 11 is 9.34. The Balaban J connectivity index is 1.24. The molecule has 3 heterocycles. The highest BCUT2D eigenvalue weighted by molar-refractivity contribution is 8.01. The third kappa shape index (κ3) is 13.2. The number of carbonyl (C=O) groups is 2. The first-order chi connectivity index (χ1) is 20.1. The molecule has 0 unspecified atom stereocenters. The molecule has 0 saturated heterocycles. The van der Waals surface area contributed by atoms with E-state index in [1.54, 1.807) is 0 Å². The molecule has 0 radical (unpaired) electrons. The van der Waals surface area contributed by atoms with Gasteiger partial charge in [-0.2, -0.15) is 23.5 Å². The number of ether oxygens (including phenoxy) is 3. The van der Waals surface area contributed by atoms with E-state index < -0.39 is 11.8 Å². The van der Waals surface area contributed by atoms with Gasteiger partial charge in [0.1, 0.15) is 13.2 Å². The maximum absolute atomic E-state index is 12.1. The molecule has 4 rings (SSSR count). The lowest BCUT2D eigenvalue weighted by Crippen LogP contribution is -2.23. The quantitative estimate of drug-likeness (QED) is 0.327. The van der Waals surface area contributed by atoms with Crippen LogP contribution in [0.15, 0.2) is 32.9 Å². The van der Waals surface area contributed by atoms with Crippen LogP contribution < -0.4 is 10.6 Å². The van der Waals surface area contributed by atoms with Gasteiger partial charge in [-0.1, -0.05) is 70.5 Å². The van der Waals surface area contributed by atoms with Crippen molar-refractivity contribution >= 4 is 91.8 Å². The third-order valence-corrected chi connectivity index (χ3v) is 10.8. The maximum atomic E-state index is 12.1. The van der Waals surface area contributed by atoms with Gasteiger partial charge < -0.3 is 14.2 Å². The predicted octanol–water partition coefficient (Wildman–Crippen LogP) is 4.38. The van der Waals surface area contributed by atoms with Crippen molar-refractivity contribution in [1.82, 2.24) is 20.4 Å². The summed E-state index contributed by atoms with van der Waals surface area (Å²) in [5.41, 5.74) is 2.65. The first-order valence-corrected chi connectivity index (χ1v) is 18.5. The Bertz CT molecular complexity index is 1140. The Hall–Kier alpha value is -1.44. The van der Waals surface area contributed by atoms with Crippen LogP contribution in [-0.4, -0.2) is 94.9 Å². The average molecular weight is 675 g/mol. The Kier molecular flexibility index (Phi) is 15.0. The van der Waals surface area contributed by atoms with E-state index in [1.165, 1.54) is 57.3 Å². The summed E-state index contributed by atoms with van der Waals surface area (Å²) in [5.74, 6) is 4.43. The van der Waals surface area contributed by atoms with E-state index in [-0.39, 0.29) is 13.2 Å². The van der Waals surface area contributed by atoms with Crippen LogP contribution in [0.5, 0.6) is 0 Å². The number of carbonyl (C=O) groups excluding carboxylic acids is 2. The van der Waals surface area contributed by atoms with Gasteiger partial charge in [0.15, 0.2) is 8.68 Å². The molecule has 1 aliphatic rings. The van der Waals surface area contributed by atoms with E-state index >= 15 is 0 Å². The molecule has 0 fully saturated rings. The van der Waals surface area contributed by atoms with E-state index in [4.69, 9.17) is 14.2 Å². The highest BCUT2D eigenvalue weighted by Crippen LogP contribution is 2.26. The number of aromatic nitrogens is 4. The zero-order valence-corrected chi connectivity index (χ0v) is 27.0. The number of nitrogens with one attached hydrogen (secondary N) is 2. The number of fused-ring (bicyclic) bond motifs is 6. The van der Waals surface area contributed by atoms with Gasteiger partial charge in [-0.15, -0.1) is 20.4 Å². The van der Waals surface area contributed by atoms with Crippen LogP contribution in [-0.2, 0) is 35.3 Å². The van der Waals surface area contributed by atoms with E-state index in [0.29, 0.717) is 36.7 Å². The highest BCUT2D eigenvalue weighted by atomic mass is 32.2. The van der Waals surface area contributed by atoms with Crippen LogP contribution in [0.1, 0.15) is 11.1 Å². The highest BCUT2D eigenvalue weighted by Gasteiger charge is 2.12. The first kappa shape index (κ1) is 32.5. The van der Waals surface area contributed by atoms with E-state index in [9.17, 15) is 9.59 Å². The molecule has 2 aromatic heterocycles. The summed E-state index contributed by atoms with van der Waals surface area (Å²) in [6, 6.07) is 8.75. The van der Waals surface area contributed by atoms with Gasteiger partial charge in [0.2, 0.25) is 10.3 Å². The maximum Gasteiger partial charge on any atom is 0.252 e. The zero-order valence-electron chi connectivity index (χ0n) is 22.1. The summed E-state index contributed by atoms with van der Waals surface area (Å²) in [6.07, 6.45) is 0. The molecule has 17 heteroatoms. The molecule has 1 aliphatic heterocycles. The van der Waals surface area contributed by atoms with Crippen molar-refractivity contribution in [3.05, 3.63) is 35.4 Å². The standard InChI is InChI=1S/C24H30N6O5S6/c31-19-13-35-14-20(32)26-22-28-30-24(41-22)39-11-7-34-5-9-37-16-18-3-1-2-17(12-18)15-36-8-4-33-6-10-38-23-29-27-21(25-19)40-23/h1-3,12H,4-11,13-16H2,(H,25,27,31)(H,26,28,32). The molecule has 0 atom stereocenters. The monoisotopic (exact) mass is 674 g/mol. The Labute approximate surface area is 263 Å². The van der Waals surface area contributed by atoms with E-state index in [0.717, 1.165) is 43.2 Å². The molecule has 11 nitrogen and oxygen atoms in total. The lowest BCUT2D eigenvalue weighted by molar-refractivity contribution is -0.125. The molecule has 41 heavy (non-hydrogen) atoms. The molecule has 1 aromatic carbocycles. The second kappa shape index (κ2) is 19.0. The molecule has 222 valence electrons. The van der Waals surface area contributed by atoms with Gasteiger partial charge in [0.25, 0.3) is 11.8 Å². The first-order valence-electron chi connectivity index (χ1n) is 12.6. The molecule has 6 bridgehead atoms. The van der Waals surface area contributed by atoms with Gasteiger partial charge >= 0.3 is 0 Å². The van der Waals surface area contributed by atoms with Crippen LogP contribution in [0.25, 0.3) is 0 Å². The molecule has 2 amide bonds. The Morgan fingerprint density at radius 2 is 1.12 bits per heavy atom. The third-order valence-electron chi connectivity index (χ3n) is 4.95. The van der Waals surface area contributed by atoms with Gasteiger partial charge in [-0.3, -0.25) is 20.2 Å². The van der Waals surface area contributed by atoms with Gasteiger partial charge in [-0.05, 0) is 11.1 Å². The molecule has 0 aliphatic carbocycles. The predicted molar refractivity (Wildman–Crippen MR) is 170 cm³/mol. The average Bonchev–Trinajstić information content (AvgIpc) is 3.60. The van der Waals surface area contributed by atoms with Gasteiger partial charge in [-0.25, -0.2) is 0 Å². The van der Waals surface area contributed by atoms with Crippen molar-refractivity contribution in [2.24, 2.45) is 0 Å². The summed E-state index contributed by atoms with van der Waals surface area (Å²) in [6.45, 7) is 2.02. The smallest absolute Gasteiger partial charge is 0.252 e. The topological polar surface area (TPSA) is 137 Å². The van der Waals surface area contributed by atoms with Crippen LogP contribution in [0.4, 0.5) is 10.3 Å². The van der Waals surface area contributed by atoms with Crippen molar-refractivity contribution < 1.29 is 23.8 Å². The Morgan fingerprint density at radius 1 is 0.634 bits per heavy atom. The van der Waals surface area contributed by atoms with Crippen molar-refractivity contribution in [1.29, 1.82) is 0 Å². The Morgan fingerprint density at radius 3 is 1.63 bits per heavy atom. The number of hydrogen-bond acceptors (Lipinski definition) is 15. The fourth-order valence-corrected chi connectivity index (χ4v) is 8.16. The summed E-state index contributed by atoms with van der Waals surface area (Å²) in [7, 11) is 0. The van der Waals surface area contributed by atoms with Crippen LogP contribution in [0.3, 0.4) is 0 Å². The number of nitrogens with zero attached hydrogens (tertiary/aromatic N) is 4. The zero-order chi connectivity index (χ0) is 28.5. The number of anilines is 2. The number of hydrogen-bond donors (Lipinski definition) is 2. The molecular weight excluding hydrogens is 645 g/mol. The fourth-order valence-electron chi connectivity index (χ4n) is 3.19. The molecular formula is C24H30N6O5S6. The molecule has 0 saturated carbocycles. The van der Waals surface area contributed by atoms with Crippen LogP contribution in [0.2, 0.25) is 0 Å². The van der Waals surface area contributed by atoms with Crippen molar-refractivity contribution in [3.8, 4) is 0 Å². The van der Waals surface area contributed by atoms with E-state index in [1.807, 2.05) is 23.5 Å². The SMILES string of the molecule is O=C1COCC(=O)Nc2nnc(s2)SCCOCCSCc2cccc(c2)CSCCOCCSc2nnc(s2)N1. The second-order valence-corrected chi connectivity index (χ2v) is 15.0. The number of thioether (sulfide) groups is 4. The van der Waals surface area contributed by atoms with Gasteiger partial charge in [0.05, 0.1) is 26.4 Å². The van der Waals surface area contributed by atoms with Crippen molar-refractivity contribution in [2.45, 2.75) is 20.2 Å². The molecule has 3 aromatic rings. The number of amides is 2. The summed E-state index contributed by atoms with van der Waals surface area (Å²) in [5, 5.41) is 22.2. The lowest BCUT2D eigenvalue weighted by atomic mass is 10.2. The largest absolute Gasteiger partial charge is 0.380 e. The van der Waals surface area contributed by atoms with Crippen LogP contribution >= 0.6 is 69.7 Å². The van der Waals surface area contributed by atoms with Crippen molar-refractivity contribution in [3.63, 3.8) is 0 Å². The second-order valence-electron chi connectivity index (χ2n) is 8.18. The van der Waals surface area contributed by atoms with Crippen molar-refractivity contribution in [2.75, 3.05) is 73.3 Å². The van der Waals surface area contributed by atoms with Crippen LogP contribution in [0, 0.1) is 0 Å². The minimum absolute atomic E-state index is 0.289. The summed E-state index contributed by atoms with van der Waals surface area (Å²) in [4.78, 5) is 24.3. The molecule has 0 spiro atoms. The number of rotatable bonds is 0. The minimum Gasteiger partial charge on any atom is -0.380 e. The normalized spacial score (nSPS) is 18.3. The minimum atomic E-state index is -0.417. The fraction of sp³-hybridized carbons (Fsp3) is 0.500. The summed E-state index contributed by atoms with van der Waals surface area (Å²) < 4.78 is 18.2. The van der Waals surface area contributed by atoms with Gasteiger partial charge in [0, 0.05) is 34.5 Å². The number of benzene rings is 1. The lowest BCUT2D eigenvalue weighted by Gasteiger charge is -2.07. The molecule has 2 N–H and O–H groups in total.